The van der Waals surface area contributed by atoms with Crippen LogP contribution in [0.3, 0.4) is 0 Å². The molecule has 0 saturated heterocycles. The van der Waals surface area contributed by atoms with Crippen LogP contribution in [0.2, 0.25) is 0 Å². The van der Waals surface area contributed by atoms with E-state index in [0.29, 0.717) is 12.5 Å². The zero-order chi connectivity index (χ0) is 14.5. The molecule has 2 rings (SSSR count). The number of benzene rings is 1. The van der Waals surface area contributed by atoms with Crippen molar-refractivity contribution in [1.82, 2.24) is 4.90 Å². The van der Waals surface area contributed by atoms with Crippen LogP contribution in [0.15, 0.2) is 28.7 Å². The lowest BCUT2D eigenvalue weighted by atomic mass is 9.85. The molecule has 2 unspecified atom stereocenters. The molecule has 2 nitrogen and oxygen atoms in total. The number of nitrogens with zero attached hydrogens (tertiary/aromatic N) is 1. The predicted molar refractivity (Wildman–Crippen MR) is 87.1 cm³/mol. The molecular formula is C17H24BrNO. The standard InChI is InChI=1S/C17H24BrNO/c1-13-7-3-6-10-16(13)19(2)12-11-17(20)14-8-4-5-9-15(14)18/h4-5,8-9,13,16H,3,6-7,10-12H2,1-2H3. The second kappa shape index (κ2) is 7.37. The van der Waals surface area contributed by atoms with Gasteiger partial charge in [-0.1, -0.05) is 53.9 Å². The highest BCUT2D eigenvalue weighted by Crippen LogP contribution is 2.27. The van der Waals surface area contributed by atoms with E-state index in [0.717, 1.165) is 22.5 Å². The van der Waals surface area contributed by atoms with Crippen molar-refractivity contribution < 1.29 is 4.79 Å². The van der Waals surface area contributed by atoms with Crippen LogP contribution >= 0.6 is 15.9 Å². The number of halogens is 1. The molecule has 0 heterocycles. The summed E-state index contributed by atoms with van der Waals surface area (Å²) in [4.78, 5) is 14.7. The fourth-order valence-corrected chi connectivity index (χ4v) is 3.72. The Labute approximate surface area is 130 Å². The predicted octanol–water partition coefficient (Wildman–Crippen LogP) is 4.53. The van der Waals surface area contributed by atoms with Gasteiger partial charge in [-0.2, -0.15) is 0 Å². The molecule has 110 valence electrons. The van der Waals surface area contributed by atoms with Gasteiger partial charge in [-0.3, -0.25) is 4.79 Å². The van der Waals surface area contributed by atoms with Gasteiger partial charge in [0.25, 0.3) is 0 Å². The van der Waals surface area contributed by atoms with Gasteiger partial charge < -0.3 is 4.90 Å². The Morgan fingerprint density at radius 1 is 1.30 bits per heavy atom. The van der Waals surface area contributed by atoms with Gasteiger partial charge in [-0.15, -0.1) is 0 Å². The summed E-state index contributed by atoms with van der Waals surface area (Å²) in [5, 5.41) is 0. The molecule has 20 heavy (non-hydrogen) atoms. The Morgan fingerprint density at radius 2 is 2.00 bits per heavy atom. The highest BCUT2D eigenvalue weighted by atomic mass is 79.9. The molecule has 1 aromatic rings. The van der Waals surface area contributed by atoms with E-state index < -0.39 is 0 Å². The van der Waals surface area contributed by atoms with E-state index in [4.69, 9.17) is 0 Å². The molecule has 1 saturated carbocycles. The molecule has 0 aromatic heterocycles. The van der Waals surface area contributed by atoms with E-state index in [-0.39, 0.29) is 5.78 Å². The van der Waals surface area contributed by atoms with Crippen LogP contribution in [0.5, 0.6) is 0 Å². The first-order valence-corrected chi connectivity index (χ1v) is 8.37. The number of ketones is 1. The fourth-order valence-electron chi connectivity index (χ4n) is 3.22. The van der Waals surface area contributed by atoms with Crippen molar-refractivity contribution in [2.75, 3.05) is 13.6 Å². The molecule has 2 atom stereocenters. The Morgan fingerprint density at radius 3 is 2.70 bits per heavy atom. The summed E-state index contributed by atoms with van der Waals surface area (Å²) in [5.41, 5.74) is 0.803. The third-order valence-corrected chi connectivity index (χ3v) is 5.19. The lowest BCUT2D eigenvalue weighted by Gasteiger charge is -2.36. The van der Waals surface area contributed by atoms with Gasteiger partial charge in [0.1, 0.15) is 0 Å². The summed E-state index contributed by atoms with van der Waals surface area (Å²) in [7, 11) is 2.17. The monoisotopic (exact) mass is 337 g/mol. The Bertz CT molecular complexity index is 460. The van der Waals surface area contributed by atoms with Gasteiger partial charge in [0.05, 0.1) is 0 Å². The lowest BCUT2D eigenvalue weighted by molar-refractivity contribution is 0.0927. The third-order valence-electron chi connectivity index (χ3n) is 4.50. The van der Waals surface area contributed by atoms with Crippen molar-refractivity contribution in [2.45, 2.75) is 45.1 Å². The Hall–Kier alpha value is -0.670. The van der Waals surface area contributed by atoms with E-state index in [2.05, 4.69) is 34.8 Å². The molecular weight excluding hydrogens is 314 g/mol. The van der Waals surface area contributed by atoms with E-state index in [1.54, 1.807) is 0 Å². The first-order chi connectivity index (χ1) is 9.59. The summed E-state index contributed by atoms with van der Waals surface area (Å²) < 4.78 is 0.902. The first-order valence-electron chi connectivity index (χ1n) is 7.57. The van der Waals surface area contributed by atoms with Crippen LogP contribution in [0.4, 0.5) is 0 Å². The normalized spacial score (nSPS) is 23.0. The molecule has 3 heteroatoms. The molecule has 1 aliphatic carbocycles. The zero-order valence-electron chi connectivity index (χ0n) is 12.4. The van der Waals surface area contributed by atoms with Crippen molar-refractivity contribution >= 4 is 21.7 Å². The maximum Gasteiger partial charge on any atom is 0.165 e. The molecule has 1 fully saturated rings. The molecule has 1 aromatic carbocycles. The zero-order valence-corrected chi connectivity index (χ0v) is 14.0. The largest absolute Gasteiger partial charge is 0.303 e. The van der Waals surface area contributed by atoms with Gasteiger partial charge >= 0.3 is 0 Å². The molecule has 0 radical (unpaired) electrons. The molecule has 0 bridgehead atoms. The SMILES string of the molecule is CC1CCCCC1N(C)CCC(=O)c1ccccc1Br. The molecule has 0 amide bonds. The van der Waals surface area contributed by atoms with E-state index >= 15 is 0 Å². The maximum atomic E-state index is 12.3. The highest BCUT2D eigenvalue weighted by molar-refractivity contribution is 9.10. The molecule has 1 aliphatic rings. The van der Waals surface area contributed by atoms with Crippen LogP contribution in [0, 0.1) is 5.92 Å². The smallest absolute Gasteiger partial charge is 0.165 e. The van der Waals surface area contributed by atoms with Gasteiger partial charge in [-0.05, 0) is 31.9 Å². The summed E-state index contributed by atoms with van der Waals surface area (Å²) in [6.07, 6.45) is 5.90. The van der Waals surface area contributed by atoms with Crippen LogP contribution in [0.25, 0.3) is 0 Å². The van der Waals surface area contributed by atoms with Crippen LogP contribution in [0.1, 0.15) is 49.4 Å². The quantitative estimate of drug-likeness (QED) is 0.735. The molecule has 0 aliphatic heterocycles. The molecule has 0 N–H and O–H groups in total. The van der Waals surface area contributed by atoms with Crippen LogP contribution in [-0.2, 0) is 0 Å². The first kappa shape index (κ1) is 15.7. The third kappa shape index (κ3) is 3.92. The number of hydrogen-bond donors (Lipinski definition) is 0. The van der Waals surface area contributed by atoms with Gasteiger partial charge in [0.2, 0.25) is 0 Å². The number of carbonyl (C=O) groups is 1. The van der Waals surface area contributed by atoms with Crippen LogP contribution in [-0.4, -0.2) is 30.3 Å². The topological polar surface area (TPSA) is 20.3 Å². The minimum absolute atomic E-state index is 0.229. The van der Waals surface area contributed by atoms with Gasteiger partial charge in [0.15, 0.2) is 5.78 Å². The van der Waals surface area contributed by atoms with Crippen molar-refractivity contribution in [3.63, 3.8) is 0 Å². The van der Waals surface area contributed by atoms with E-state index in [1.165, 1.54) is 25.7 Å². The number of hydrogen-bond acceptors (Lipinski definition) is 2. The average molecular weight is 338 g/mol. The summed E-state index contributed by atoms with van der Waals surface area (Å²) in [6.45, 7) is 3.20. The fraction of sp³-hybridized carbons (Fsp3) is 0.588. The maximum absolute atomic E-state index is 12.3. The average Bonchev–Trinajstić information content (AvgIpc) is 2.45. The number of Topliss-reactive ketones (excluding diaryl/α,β-unsaturated/α-hetero) is 1. The molecule has 0 spiro atoms. The van der Waals surface area contributed by atoms with Crippen molar-refractivity contribution in [3.05, 3.63) is 34.3 Å². The van der Waals surface area contributed by atoms with E-state index in [9.17, 15) is 4.79 Å². The lowest BCUT2D eigenvalue weighted by Crippen LogP contribution is -2.39. The van der Waals surface area contributed by atoms with Crippen molar-refractivity contribution in [3.8, 4) is 0 Å². The van der Waals surface area contributed by atoms with Crippen molar-refractivity contribution in [1.29, 1.82) is 0 Å². The second-order valence-electron chi connectivity index (χ2n) is 5.96. The Kier molecular flexibility index (Phi) is 5.79. The van der Waals surface area contributed by atoms with Crippen LogP contribution < -0.4 is 0 Å². The summed E-state index contributed by atoms with van der Waals surface area (Å²) in [5.74, 6) is 0.986. The number of carbonyl (C=O) groups excluding carboxylic acids is 1. The summed E-state index contributed by atoms with van der Waals surface area (Å²) >= 11 is 3.46. The van der Waals surface area contributed by atoms with Gasteiger partial charge in [0, 0.05) is 29.0 Å². The van der Waals surface area contributed by atoms with Gasteiger partial charge in [-0.25, -0.2) is 0 Å². The number of rotatable bonds is 5. The van der Waals surface area contributed by atoms with E-state index in [1.807, 2.05) is 24.3 Å². The Balaban J connectivity index is 1.88. The highest BCUT2D eigenvalue weighted by Gasteiger charge is 2.25. The second-order valence-corrected chi connectivity index (χ2v) is 6.82. The summed E-state index contributed by atoms with van der Waals surface area (Å²) in [6, 6.07) is 8.34. The van der Waals surface area contributed by atoms with Crippen molar-refractivity contribution in [2.24, 2.45) is 5.92 Å². The minimum Gasteiger partial charge on any atom is -0.303 e. The minimum atomic E-state index is 0.229.